The molecule has 40 heavy (non-hydrogen) atoms. The van der Waals surface area contributed by atoms with Crippen LogP contribution in [0.1, 0.15) is 30.7 Å². The molecule has 1 atom stereocenters. The first-order chi connectivity index (χ1) is 19.5. The van der Waals surface area contributed by atoms with Crippen LogP contribution >= 0.6 is 0 Å². The average Bonchev–Trinajstić information content (AvgIpc) is 3.67. The first-order valence-electron chi connectivity index (χ1n) is 13.4. The van der Waals surface area contributed by atoms with Crippen LogP contribution in [0.2, 0.25) is 1.41 Å². The number of imidazole rings is 1. The van der Waals surface area contributed by atoms with Gasteiger partial charge in [-0.3, -0.25) is 18.8 Å². The van der Waals surface area contributed by atoms with Crippen molar-refractivity contribution in [3.63, 3.8) is 0 Å². The maximum absolute atomic E-state index is 16.5. The smallest absolute Gasteiger partial charge is 0.337 e. The van der Waals surface area contributed by atoms with Crippen LogP contribution in [-0.2, 0) is 12.5 Å². The van der Waals surface area contributed by atoms with Gasteiger partial charge in [-0.15, -0.1) is 0 Å². The standard InChI is InChI=1S/C31H26F2N6O/c1-16-12-17(2)24-21(13-16)36-29(31(4)9-8-20-25(28(31)33)18(3)14-34-20)27(24)39-11-10-38(30(39)40)23-7-6-22-19(26(23)32)15-35-37(22)5/h6-15,36H,1-5H3/t31-/m1/s1/i/hD. The van der Waals surface area contributed by atoms with Gasteiger partial charge in [-0.1, -0.05) is 12.1 Å². The summed E-state index contributed by atoms with van der Waals surface area (Å²) in [6.45, 7) is 7.34. The van der Waals surface area contributed by atoms with Crippen LogP contribution in [0.4, 0.5) is 8.78 Å². The lowest BCUT2D eigenvalue weighted by molar-refractivity contribution is 0.480. The first-order valence-corrected chi connectivity index (χ1v) is 12.9. The van der Waals surface area contributed by atoms with Gasteiger partial charge in [0, 0.05) is 42.1 Å². The van der Waals surface area contributed by atoms with Crippen LogP contribution in [0.5, 0.6) is 0 Å². The van der Waals surface area contributed by atoms with Crippen molar-refractivity contribution >= 4 is 27.5 Å². The zero-order valence-electron chi connectivity index (χ0n) is 23.6. The molecule has 0 radical (unpaired) electrons. The molecule has 200 valence electrons. The third-order valence-electron chi connectivity index (χ3n) is 8.06. The number of hydrogen-bond acceptors (Lipinski definition) is 3. The number of nitrogens with zero attached hydrogens (tertiary/aromatic N) is 5. The molecule has 0 amide bonds. The number of aromatic amines is 1. The van der Waals surface area contributed by atoms with Gasteiger partial charge < -0.3 is 4.98 Å². The molecule has 0 unspecified atom stereocenters. The molecule has 3 aromatic heterocycles. The van der Waals surface area contributed by atoms with E-state index in [9.17, 15) is 6.21 Å². The first kappa shape index (κ1) is 23.1. The minimum absolute atomic E-state index is 0.0719. The van der Waals surface area contributed by atoms with Crippen LogP contribution in [0.3, 0.4) is 0 Å². The summed E-state index contributed by atoms with van der Waals surface area (Å²) in [6.07, 6.45) is 9.55. The van der Waals surface area contributed by atoms with Crippen molar-refractivity contribution < 1.29 is 10.2 Å². The van der Waals surface area contributed by atoms with Gasteiger partial charge in [0.05, 0.1) is 45.3 Å². The van der Waals surface area contributed by atoms with E-state index in [4.69, 9.17) is 0 Å². The highest BCUT2D eigenvalue weighted by Gasteiger charge is 2.41. The summed E-state index contributed by atoms with van der Waals surface area (Å²) in [5, 5.41) is 5.07. The number of aliphatic imine (C=N–C) groups is 1. The van der Waals surface area contributed by atoms with Crippen molar-refractivity contribution in [1.82, 2.24) is 23.9 Å². The van der Waals surface area contributed by atoms with E-state index in [-0.39, 0.29) is 11.4 Å². The van der Waals surface area contributed by atoms with E-state index in [1.54, 1.807) is 62.3 Å². The lowest BCUT2D eigenvalue weighted by Crippen LogP contribution is -2.30. The second-order valence-corrected chi connectivity index (χ2v) is 10.8. The lowest BCUT2D eigenvalue weighted by atomic mass is 9.77. The van der Waals surface area contributed by atoms with Crippen LogP contribution in [-0.4, -0.2) is 29.6 Å². The molecule has 0 spiro atoms. The molecular formula is C31H26F2N6O. The van der Waals surface area contributed by atoms with Crippen LogP contribution in [0.25, 0.3) is 33.2 Å². The highest BCUT2D eigenvalue weighted by molar-refractivity contribution is 6.15. The maximum atomic E-state index is 16.5. The Morgan fingerprint density at radius 3 is 2.67 bits per heavy atom. The van der Waals surface area contributed by atoms with E-state index in [2.05, 4.69) is 10.1 Å². The zero-order chi connectivity index (χ0) is 29.0. The normalized spacial score (nSPS) is 19.0. The number of allylic oxidation sites excluding steroid dienone is 5. The number of hydrogen-bond donors (Lipinski definition) is 1. The third kappa shape index (κ3) is 3.11. The lowest BCUT2D eigenvalue weighted by Gasteiger charge is -2.29. The molecule has 0 fully saturated rings. The molecule has 1 N–H and O–H groups in total. The summed E-state index contributed by atoms with van der Waals surface area (Å²) in [5.74, 6) is -1.02. The summed E-state index contributed by atoms with van der Waals surface area (Å²) < 4.78 is 45.6. The third-order valence-corrected chi connectivity index (χ3v) is 8.06. The van der Waals surface area contributed by atoms with E-state index in [0.717, 1.165) is 11.1 Å². The molecule has 0 bridgehead atoms. The fourth-order valence-corrected chi connectivity index (χ4v) is 6.00. The number of aromatic nitrogens is 5. The SMILES string of the molecule is [2H]n1c([C@]2(C)C=CC3=NC=C(C)C3=C2F)c(-n2ccn(-c3ccc4c(cnn4C)c3F)c2=O)c2c(C)cc(C)cc21. The Kier molecular flexibility index (Phi) is 4.69. The van der Waals surface area contributed by atoms with Gasteiger partial charge in [0.15, 0.2) is 7.23 Å². The highest BCUT2D eigenvalue weighted by atomic mass is 19.1. The number of nitrogens with one attached hydrogen (secondary N) is 1. The van der Waals surface area contributed by atoms with Crippen molar-refractivity contribution in [2.75, 3.05) is 0 Å². The second-order valence-electron chi connectivity index (χ2n) is 10.8. The number of fused-ring (bicyclic) bond motifs is 3. The molecule has 0 saturated heterocycles. The number of aryl methyl sites for hydroxylation is 3. The van der Waals surface area contributed by atoms with Gasteiger partial charge in [0.25, 0.3) is 0 Å². The Hall–Kier alpha value is -4.79. The highest BCUT2D eigenvalue weighted by Crippen LogP contribution is 2.46. The number of halogens is 2. The Bertz CT molecular complexity index is 2170. The Morgan fingerprint density at radius 2 is 1.88 bits per heavy atom. The number of H-pyrrole nitrogens is 1. The number of rotatable bonds is 3. The minimum Gasteiger partial charge on any atom is -0.356 e. The average molecular weight is 538 g/mol. The molecule has 1 aliphatic heterocycles. The van der Waals surface area contributed by atoms with Gasteiger partial charge in [-0.25, -0.2) is 13.6 Å². The van der Waals surface area contributed by atoms with Gasteiger partial charge in [-0.2, -0.15) is 5.10 Å². The van der Waals surface area contributed by atoms with Crippen LogP contribution < -0.4 is 5.69 Å². The Labute approximate surface area is 229 Å². The molecule has 4 heterocycles. The molecule has 0 saturated carbocycles. The monoisotopic (exact) mass is 537 g/mol. The Morgan fingerprint density at radius 1 is 1.10 bits per heavy atom. The fraction of sp³-hybridized carbons (Fsp3) is 0.194. The molecule has 9 heteroatoms. The summed E-state index contributed by atoms with van der Waals surface area (Å²) in [7, 11) is 1.72. The van der Waals surface area contributed by atoms with Gasteiger partial charge in [0.2, 0.25) is 0 Å². The molecule has 2 aromatic carbocycles. The Balaban J connectivity index is 1.54. The van der Waals surface area contributed by atoms with Crippen molar-refractivity contribution in [2.24, 2.45) is 12.0 Å². The van der Waals surface area contributed by atoms with Gasteiger partial charge in [-0.05, 0) is 68.7 Å². The van der Waals surface area contributed by atoms with E-state index < -0.39 is 22.7 Å². The fourth-order valence-electron chi connectivity index (χ4n) is 6.00. The largest absolute Gasteiger partial charge is 0.356 e. The van der Waals surface area contributed by atoms with Crippen LogP contribution in [0.15, 0.2) is 88.0 Å². The minimum atomic E-state index is -1.38. The molecule has 5 aromatic rings. The summed E-state index contributed by atoms with van der Waals surface area (Å²) >= 11 is 0. The molecule has 1 aliphatic carbocycles. The molecule has 7 nitrogen and oxygen atoms in total. The zero-order valence-corrected chi connectivity index (χ0v) is 22.6. The van der Waals surface area contributed by atoms with E-state index in [1.807, 2.05) is 26.0 Å². The van der Waals surface area contributed by atoms with Gasteiger partial charge in [0.1, 0.15) is 5.83 Å². The van der Waals surface area contributed by atoms with Crippen molar-refractivity contribution in [1.29, 1.82) is 0 Å². The summed E-state index contributed by atoms with van der Waals surface area (Å²) in [4.78, 5) is 19.6. The van der Waals surface area contributed by atoms with Crippen molar-refractivity contribution in [3.05, 3.63) is 111 Å². The van der Waals surface area contributed by atoms with Crippen LogP contribution in [0, 0.1) is 19.7 Å². The maximum Gasteiger partial charge on any atom is 0.337 e. The quantitative estimate of drug-likeness (QED) is 0.299. The topological polar surface area (TPSA) is 72.9 Å². The number of benzene rings is 2. The van der Waals surface area contributed by atoms with E-state index >= 15 is 8.78 Å². The molecule has 2 aliphatic rings. The predicted molar refractivity (Wildman–Crippen MR) is 153 cm³/mol. The summed E-state index contributed by atoms with van der Waals surface area (Å²) in [5.41, 5.74) is 3.34. The second kappa shape index (κ2) is 8.11. The van der Waals surface area contributed by atoms with Crippen molar-refractivity contribution in [2.45, 2.75) is 33.1 Å². The molecular weight excluding hydrogens is 510 g/mol. The van der Waals surface area contributed by atoms with Gasteiger partial charge >= 0.3 is 5.69 Å². The predicted octanol–water partition coefficient (Wildman–Crippen LogP) is 6.16. The summed E-state index contributed by atoms with van der Waals surface area (Å²) in [6, 6.07) is 7.08. The van der Waals surface area contributed by atoms with Crippen molar-refractivity contribution in [3.8, 4) is 11.4 Å². The van der Waals surface area contributed by atoms with E-state index in [1.165, 1.54) is 26.5 Å². The van der Waals surface area contributed by atoms with E-state index in [0.29, 0.717) is 44.4 Å². The molecule has 7 rings (SSSR count).